The molecule has 3 heterocycles. The van der Waals surface area contributed by atoms with Crippen molar-refractivity contribution in [3.8, 4) is 0 Å². The number of aromatic nitrogens is 5. The highest BCUT2D eigenvalue weighted by Gasteiger charge is 2.26. The van der Waals surface area contributed by atoms with Crippen LogP contribution in [0, 0.1) is 6.92 Å². The van der Waals surface area contributed by atoms with Gasteiger partial charge >= 0.3 is 0 Å². The lowest BCUT2D eigenvalue weighted by Gasteiger charge is -2.04. The van der Waals surface area contributed by atoms with Gasteiger partial charge in [-0.1, -0.05) is 0 Å². The molecule has 0 radical (unpaired) electrons. The number of aryl methyl sites for hydroxylation is 1. The summed E-state index contributed by atoms with van der Waals surface area (Å²) in [5.74, 6) is 2.15. The zero-order chi connectivity index (χ0) is 13.5. The van der Waals surface area contributed by atoms with Crippen LogP contribution in [0.2, 0.25) is 0 Å². The zero-order valence-corrected chi connectivity index (χ0v) is 11.1. The van der Waals surface area contributed by atoms with Crippen molar-refractivity contribution in [2.24, 2.45) is 0 Å². The number of hydrogen-bond donors (Lipinski definition) is 1. The summed E-state index contributed by atoms with van der Waals surface area (Å²) in [6.07, 6.45) is 7.51. The monoisotopic (exact) mass is 270 g/mol. The van der Waals surface area contributed by atoms with Crippen LogP contribution in [0.15, 0.2) is 23.3 Å². The van der Waals surface area contributed by atoms with Gasteiger partial charge in [-0.25, -0.2) is 19.9 Å². The summed E-state index contributed by atoms with van der Waals surface area (Å²) < 4.78 is 7.55. The highest BCUT2D eigenvalue weighted by atomic mass is 16.4. The first-order chi connectivity index (χ1) is 9.81. The third-order valence-corrected chi connectivity index (χ3v) is 3.38. The van der Waals surface area contributed by atoms with E-state index in [1.165, 1.54) is 12.8 Å². The summed E-state index contributed by atoms with van der Waals surface area (Å²) in [4.78, 5) is 17.2. The Morgan fingerprint density at radius 2 is 2.20 bits per heavy atom. The van der Waals surface area contributed by atoms with E-state index < -0.39 is 0 Å². The lowest BCUT2D eigenvalue weighted by molar-refractivity contribution is 0.479. The van der Waals surface area contributed by atoms with Crippen molar-refractivity contribution in [2.75, 3.05) is 5.32 Å². The van der Waals surface area contributed by atoms with Crippen LogP contribution < -0.4 is 5.32 Å². The molecule has 1 aliphatic rings. The van der Waals surface area contributed by atoms with Crippen molar-refractivity contribution in [1.82, 2.24) is 24.5 Å². The molecule has 1 aliphatic carbocycles. The molecule has 7 heteroatoms. The number of imidazole rings is 1. The maximum atomic E-state index is 5.43. The largest absolute Gasteiger partial charge is 0.444 e. The number of nitrogens with one attached hydrogen (secondary N) is 1. The predicted molar refractivity (Wildman–Crippen MR) is 72.2 cm³/mol. The Labute approximate surface area is 115 Å². The second-order valence-electron chi connectivity index (χ2n) is 5.00. The van der Waals surface area contributed by atoms with E-state index in [2.05, 4.69) is 29.8 Å². The first-order valence-corrected chi connectivity index (χ1v) is 6.64. The van der Waals surface area contributed by atoms with E-state index in [-0.39, 0.29) is 0 Å². The predicted octanol–water partition coefficient (Wildman–Crippen LogP) is 2.07. The molecule has 20 heavy (non-hydrogen) atoms. The summed E-state index contributed by atoms with van der Waals surface area (Å²) in [5.41, 5.74) is 1.68. The van der Waals surface area contributed by atoms with Crippen molar-refractivity contribution in [1.29, 1.82) is 0 Å². The first-order valence-electron chi connectivity index (χ1n) is 6.64. The standard InChI is InChI=1S/C13H14N6O/c1-8-4-14-10(20-8)5-15-12-11-13(17-6-16-12)19(7-18-11)9-2-3-9/h4,6-7,9H,2-3,5H2,1H3,(H,15,16,17). The van der Waals surface area contributed by atoms with Crippen molar-refractivity contribution >= 4 is 17.0 Å². The van der Waals surface area contributed by atoms with Crippen molar-refractivity contribution in [3.63, 3.8) is 0 Å². The minimum absolute atomic E-state index is 0.482. The van der Waals surface area contributed by atoms with E-state index in [4.69, 9.17) is 4.42 Å². The fourth-order valence-electron chi connectivity index (χ4n) is 2.24. The smallest absolute Gasteiger partial charge is 0.213 e. The van der Waals surface area contributed by atoms with Crippen LogP contribution in [0.5, 0.6) is 0 Å². The summed E-state index contributed by atoms with van der Waals surface area (Å²) >= 11 is 0. The highest BCUT2D eigenvalue weighted by Crippen LogP contribution is 2.37. The molecule has 1 fully saturated rings. The molecular formula is C13H14N6O. The molecule has 4 rings (SSSR count). The van der Waals surface area contributed by atoms with Crippen molar-refractivity contribution in [3.05, 3.63) is 30.5 Å². The van der Waals surface area contributed by atoms with Crippen LogP contribution in [-0.2, 0) is 6.54 Å². The Hall–Kier alpha value is -2.44. The normalized spacial score (nSPS) is 14.8. The fourth-order valence-corrected chi connectivity index (χ4v) is 2.24. The van der Waals surface area contributed by atoms with Gasteiger partial charge in [-0.05, 0) is 19.8 Å². The molecule has 0 aromatic carbocycles. The summed E-state index contributed by atoms with van der Waals surface area (Å²) in [7, 11) is 0. The minimum Gasteiger partial charge on any atom is -0.444 e. The topological polar surface area (TPSA) is 81.7 Å². The van der Waals surface area contributed by atoms with E-state index in [0.717, 1.165) is 16.9 Å². The number of anilines is 1. The van der Waals surface area contributed by atoms with Gasteiger partial charge in [0.05, 0.1) is 19.1 Å². The van der Waals surface area contributed by atoms with E-state index in [1.54, 1.807) is 12.5 Å². The van der Waals surface area contributed by atoms with Gasteiger partial charge in [0, 0.05) is 6.04 Å². The van der Waals surface area contributed by atoms with Gasteiger partial charge in [-0.15, -0.1) is 0 Å². The molecule has 0 bridgehead atoms. The lowest BCUT2D eigenvalue weighted by Crippen LogP contribution is -2.03. The molecule has 1 saturated carbocycles. The van der Waals surface area contributed by atoms with Gasteiger partial charge in [0.1, 0.15) is 17.6 Å². The van der Waals surface area contributed by atoms with E-state index in [0.29, 0.717) is 24.3 Å². The average Bonchev–Trinajstić information content (AvgIpc) is 3.06. The van der Waals surface area contributed by atoms with Gasteiger partial charge < -0.3 is 14.3 Å². The summed E-state index contributed by atoms with van der Waals surface area (Å²) in [6.45, 7) is 2.35. The third-order valence-electron chi connectivity index (χ3n) is 3.38. The lowest BCUT2D eigenvalue weighted by atomic mass is 10.4. The first kappa shape index (κ1) is 11.4. The SMILES string of the molecule is Cc1cnc(CNc2ncnc3c2ncn3C2CC2)o1. The van der Waals surface area contributed by atoms with Gasteiger partial charge in [0.25, 0.3) is 0 Å². The van der Waals surface area contributed by atoms with Crippen LogP contribution in [0.3, 0.4) is 0 Å². The maximum Gasteiger partial charge on any atom is 0.213 e. The third kappa shape index (κ3) is 1.91. The number of rotatable bonds is 4. The molecule has 7 nitrogen and oxygen atoms in total. The van der Waals surface area contributed by atoms with E-state index >= 15 is 0 Å². The maximum absolute atomic E-state index is 5.43. The van der Waals surface area contributed by atoms with Gasteiger partial charge in [-0.2, -0.15) is 0 Å². The second kappa shape index (κ2) is 4.29. The molecule has 102 valence electrons. The number of oxazole rings is 1. The quantitative estimate of drug-likeness (QED) is 0.781. The Balaban J connectivity index is 1.62. The Kier molecular flexibility index (Phi) is 2.45. The molecule has 0 aliphatic heterocycles. The second-order valence-corrected chi connectivity index (χ2v) is 5.00. The number of fused-ring (bicyclic) bond motifs is 1. The van der Waals surface area contributed by atoms with Crippen molar-refractivity contribution in [2.45, 2.75) is 32.4 Å². The molecule has 0 atom stereocenters. The van der Waals surface area contributed by atoms with Gasteiger partial charge in [0.15, 0.2) is 11.5 Å². The van der Waals surface area contributed by atoms with E-state index in [1.807, 2.05) is 13.3 Å². The molecule has 0 amide bonds. The average molecular weight is 270 g/mol. The van der Waals surface area contributed by atoms with Gasteiger partial charge in [-0.3, -0.25) is 0 Å². The van der Waals surface area contributed by atoms with Crippen LogP contribution >= 0.6 is 0 Å². The van der Waals surface area contributed by atoms with Crippen molar-refractivity contribution < 1.29 is 4.42 Å². The molecule has 0 spiro atoms. The molecule has 1 N–H and O–H groups in total. The molecule has 0 unspecified atom stereocenters. The minimum atomic E-state index is 0.482. The Morgan fingerprint density at radius 1 is 1.30 bits per heavy atom. The summed E-state index contributed by atoms with van der Waals surface area (Å²) in [5, 5.41) is 3.21. The number of nitrogens with zero attached hydrogens (tertiary/aromatic N) is 5. The van der Waals surface area contributed by atoms with Crippen LogP contribution in [0.1, 0.15) is 30.5 Å². The Morgan fingerprint density at radius 3 is 2.95 bits per heavy atom. The summed E-state index contributed by atoms with van der Waals surface area (Å²) in [6, 6.07) is 0.553. The number of hydrogen-bond acceptors (Lipinski definition) is 6. The van der Waals surface area contributed by atoms with E-state index in [9.17, 15) is 0 Å². The zero-order valence-electron chi connectivity index (χ0n) is 11.1. The molecule has 3 aromatic rings. The fraction of sp³-hybridized carbons (Fsp3) is 0.385. The highest BCUT2D eigenvalue weighted by molar-refractivity contribution is 5.82. The van der Waals surface area contributed by atoms with Gasteiger partial charge in [0.2, 0.25) is 5.89 Å². The molecule has 3 aromatic heterocycles. The Bertz CT molecular complexity index is 757. The molecular weight excluding hydrogens is 256 g/mol. The van der Waals surface area contributed by atoms with Crippen LogP contribution in [0.25, 0.3) is 11.2 Å². The van der Waals surface area contributed by atoms with Crippen LogP contribution in [0.4, 0.5) is 5.82 Å². The van der Waals surface area contributed by atoms with Crippen LogP contribution in [-0.4, -0.2) is 24.5 Å². The molecule has 0 saturated heterocycles.